The van der Waals surface area contributed by atoms with Crippen LogP contribution in [0.25, 0.3) is 11.3 Å². The summed E-state index contributed by atoms with van der Waals surface area (Å²) in [5.74, 6) is -2.32. The maximum absolute atomic E-state index is 13.4. The summed E-state index contributed by atoms with van der Waals surface area (Å²) in [5, 5.41) is 15.5. The van der Waals surface area contributed by atoms with Crippen molar-refractivity contribution in [2.45, 2.75) is 31.2 Å². The second-order valence-corrected chi connectivity index (χ2v) is 11.2. The number of benzene rings is 1. The molecule has 5 N–H and O–H groups in total. The monoisotopic (exact) mass is 596 g/mol. The van der Waals surface area contributed by atoms with Crippen LogP contribution < -0.4 is 16.4 Å². The highest BCUT2D eigenvalue weighted by atomic mass is 35.5. The van der Waals surface area contributed by atoms with E-state index in [4.69, 9.17) is 32.2 Å². The van der Waals surface area contributed by atoms with Gasteiger partial charge in [0, 0.05) is 39.6 Å². The van der Waals surface area contributed by atoms with Crippen LogP contribution in [0.2, 0.25) is 5.02 Å². The second kappa shape index (κ2) is 12.0. The lowest BCUT2D eigenvalue weighted by Crippen LogP contribution is -2.49. The topological polar surface area (TPSA) is 160 Å². The van der Waals surface area contributed by atoms with Gasteiger partial charge in [0.2, 0.25) is 11.8 Å². The molecule has 13 heteroatoms. The van der Waals surface area contributed by atoms with Gasteiger partial charge in [0.1, 0.15) is 11.9 Å². The number of nitrogens with two attached hydrogens (primary N) is 1. The zero-order chi connectivity index (χ0) is 29.1. The molecule has 0 aliphatic carbocycles. The van der Waals surface area contributed by atoms with Crippen molar-refractivity contribution in [3.8, 4) is 11.3 Å². The summed E-state index contributed by atoms with van der Waals surface area (Å²) in [6.45, 7) is 2.33. The molecule has 1 spiro atoms. The predicted molar refractivity (Wildman–Crippen MR) is 154 cm³/mol. The molecule has 214 valence electrons. The molecule has 2 aliphatic heterocycles. The number of nitrogens with zero attached hydrogens (tertiary/aromatic N) is 2. The third kappa shape index (κ3) is 6.41. The van der Waals surface area contributed by atoms with Gasteiger partial charge in [0.25, 0.3) is 5.91 Å². The summed E-state index contributed by atoms with van der Waals surface area (Å²) in [6.07, 6.45) is 1.72. The van der Waals surface area contributed by atoms with E-state index < -0.39 is 23.6 Å². The van der Waals surface area contributed by atoms with Crippen LogP contribution in [-0.2, 0) is 19.1 Å². The maximum Gasteiger partial charge on any atom is 0.251 e. The Bertz CT molecular complexity index is 1460. The Balaban J connectivity index is 1.22. The summed E-state index contributed by atoms with van der Waals surface area (Å²) in [4.78, 5) is 46.0. The molecule has 2 saturated heterocycles. The molecule has 0 unspecified atom stereocenters. The lowest BCUT2D eigenvalue weighted by molar-refractivity contribution is -0.152. The first-order chi connectivity index (χ1) is 19.6. The van der Waals surface area contributed by atoms with Crippen LogP contribution in [0, 0.1) is 5.41 Å². The van der Waals surface area contributed by atoms with Gasteiger partial charge in [0.15, 0.2) is 5.79 Å². The number of hydrogen-bond donors (Lipinski definition) is 4. The molecular formula is C28H29ClN6O5S. The minimum Gasteiger partial charge on any atom is -0.384 e. The number of rotatable bonds is 8. The summed E-state index contributed by atoms with van der Waals surface area (Å²) in [5.41, 5.74) is 8.05. The molecule has 3 amide bonds. The van der Waals surface area contributed by atoms with E-state index >= 15 is 0 Å². The van der Waals surface area contributed by atoms with E-state index in [9.17, 15) is 14.4 Å². The number of amidine groups is 1. The van der Waals surface area contributed by atoms with Gasteiger partial charge < -0.3 is 30.7 Å². The Morgan fingerprint density at radius 1 is 1.20 bits per heavy atom. The molecule has 1 aromatic carbocycles. The number of carbonyl (C=O) groups is 3. The smallest absolute Gasteiger partial charge is 0.251 e. The fourth-order valence-electron chi connectivity index (χ4n) is 4.84. The standard InChI is InChI=1S/C28H29ClN6O5S/c1-16(23-10-19(14-41-23)25(30)31)34-27(38)22-11-28(39-8-9-40-28)15-35(22)24(36)13-33-26(37)18-4-2-17(3-5-18)21-7-6-20(29)12-32-21/h2-7,10,12,14,16,22H,8-9,11,13,15H2,1H3,(H3,30,31)(H,33,37)(H,34,38)/t16-,22+/m1/s1. The Kier molecular flexibility index (Phi) is 8.36. The molecule has 2 fully saturated rings. The number of ether oxygens (including phenoxy) is 2. The van der Waals surface area contributed by atoms with E-state index in [0.717, 1.165) is 10.4 Å². The summed E-state index contributed by atoms with van der Waals surface area (Å²) >= 11 is 7.28. The minimum atomic E-state index is -1.05. The van der Waals surface area contributed by atoms with Crippen LogP contribution in [0.1, 0.15) is 40.2 Å². The molecule has 0 bridgehead atoms. The average Bonchev–Trinajstić information content (AvgIpc) is 3.73. The van der Waals surface area contributed by atoms with Crippen molar-refractivity contribution in [3.63, 3.8) is 0 Å². The molecule has 3 aromatic rings. The van der Waals surface area contributed by atoms with Crippen LogP contribution in [0.4, 0.5) is 0 Å². The first-order valence-electron chi connectivity index (χ1n) is 12.9. The molecule has 4 heterocycles. The number of amides is 3. The zero-order valence-corrected chi connectivity index (χ0v) is 23.8. The number of carbonyl (C=O) groups excluding carboxylic acids is 3. The summed E-state index contributed by atoms with van der Waals surface area (Å²) in [6, 6.07) is 10.9. The van der Waals surface area contributed by atoms with E-state index in [2.05, 4.69) is 15.6 Å². The average molecular weight is 597 g/mol. The van der Waals surface area contributed by atoms with Gasteiger partial charge in [-0.05, 0) is 37.3 Å². The Hall–Kier alpha value is -3.84. The Labute approximate surface area is 245 Å². The van der Waals surface area contributed by atoms with E-state index in [1.54, 1.807) is 54.0 Å². The third-order valence-electron chi connectivity index (χ3n) is 7.02. The predicted octanol–water partition coefficient (Wildman–Crippen LogP) is 2.70. The van der Waals surface area contributed by atoms with Gasteiger partial charge in [-0.15, -0.1) is 11.3 Å². The highest BCUT2D eigenvalue weighted by molar-refractivity contribution is 7.10. The number of pyridine rings is 1. The first kappa shape index (κ1) is 28.7. The number of likely N-dealkylation sites (tertiary alicyclic amines) is 1. The third-order valence-corrected chi connectivity index (χ3v) is 8.35. The fraction of sp³-hybridized carbons (Fsp3) is 0.321. The van der Waals surface area contributed by atoms with Crippen molar-refractivity contribution in [2.75, 3.05) is 26.3 Å². The van der Waals surface area contributed by atoms with Crippen LogP contribution in [0.5, 0.6) is 0 Å². The first-order valence-corrected chi connectivity index (χ1v) is 14.2. The second-order valence-electron chi connectivity index (χ2n) is 9.85. The van der Waals surface area contributed by atoms with Crippen molar-refractivity contribution in [3.05, 3.63) is 75.1 Å². The van der Waals surface area contributed by atoms with Crippen LogP contribution in [0.15, 0.2) is 54.0 Å². The fourth-order valence-corrected chi connectivity index (χ4v) is 5.87. The van der Waals surface area contributed by atoms with Gasteiger partial charge in [-0.1, -0.05) is 23.7 Å². The molecule has 2 aromatic heterocycles. The van der Waals surface area contributed by atoms with Crippen molar-refractivity contribution < 1.29 is 23.9 Å². The van der Waals surface area contributed by atoms with Crippen molar-refractivity contribution >= 4 is 46.5 Å². The lowest BCUT2D eigenvalue weighted by atomic mass is 10.1. The lowest BCUT2D eigenvalue weighted by Gasteiger charge is -2.25. The van der Waals surface area contributed by atoms with Gasteiger partial charge >= 0.3 is 0 Å². The van der Waals surface area contributed by atoms with E-state index in [1.807, 2.05) is 6.92 Å². The zero-order valence-electron chi connectivity index (χ0n) is 22.2. The van der Waals surface area contributed by atoms with E-state index in [1.165, 1.54) is 16.2 Å². The number of nitrogen functional groups attached to an aromatic ring is 1. The number of nitrogens with one attached hydrogen (secondary N) is 3. The Morgan fingerprint density at radius 3 is 2.56 bits per heavy atom. The van der Waals surface area contributed by atoms with Crippen LogP contribution in [-0.4, -0.2) is 71.6 Å². The molecule has 11 nitrogen and oxygen atoms in total. The number of aromatic nitrogens is 1. The minimum absolute atomic E-state index is 0.0485. The SMILES string of the molecule is C[C@@H](NC(=O)[C@@H]1CC2(CN1C(=O)CNC(=O)c1ccc(-c3ccc(Cl)cn3)cc1)OCCO2)c1cc(C(=N)N)cs1. The molecular weight excluding hydrogens is 568 g/mol. The normalized spacial score (nSPS) is 18.3. The Morgan fingerprint density at radius 2 is 1.93 bits per heavy atom. The van der Waals surface area contributed by atoms with Gasteiger partial charge in [-0.25, -0.2) is 0 Å². The number of thiophene rings is 1. The van der Waals surface area contributed by atoms with Crippen molar-refractivity contribution in [1.82, 2.24) is 20.5 Å². The van der Waals surface area contributed by atoms with Crippen molar-refractivity contribution in [2.24, 2.45) is 5.73 Å². The van der Waals surface area contributed by atoms with Crippen LogP contribution >= 0.6 is 22.9 Å². The summed E-state index contributed by atoms with van der Waals surface area (Å²) < 4.78 is 11.6. The van der Waals surface area contributed by atoms with Gasteiger partial charge in [-0.2, -0.15) is 0 Å². The van der Waals surface area contributed by atoms with Gasteiger partial charge in [-0.3, -0.25) is 24.8 Å². The van der Waals surface area contributed by atoms with Crippen molar-refractivity contribution in [1.29, 1.82) is 5.41 Å². The molecule has 0 saturated carbocycles. The van der Waals surface area contributed by atoms with E-state index in [0.29, 0.717) is 35.1 Å². The highest BCUT2D eigenvalue weighted by Crippen LogP contribution is 2.35. The molecule has 41 heavy (non-hydrogen) atoms. The number of hydrogen-bond acceptors (Lipinski definition) is 8. The molecule has 5 rings (SSSR count). The molecule has 0 radical (unpaired) electrons. The van der Waals surface area contributed by atoms with Crippen LogP contribution in [0.3, 0.4) is 0 Å². The highest BCUT2D eigenvalue weighted by Gasteiger charge is 2.52. The molecule has 2 aliphatic rings. The largest absolute Gasteiger partial charge is 0.384 e. The number of halogens is 1. The quantitative estimate of drug-likeness (QED) is 0.230. The maximum atomic E-state index is 13.4. The molecule has 2 atom stereocenters. The van der Waals surface area contributed by atoms with E-state index in [-0.39, 0.29) is 37.3 Å². The summed E-state index contributed by atoms with van der Waals surface area (Å²) in [7, 11) is 0. The van der Waals surface area contributed by atoms with Gasteiger partial charge in [0.05, 0.1) is 43.1 Å².